The Bertz CT molecular complexity index is 530. The van der Waals surface area contributed by atoms with Crippen molar-refractivity contribution in [2.24, 2.45) is 11.8 Å². The highest BCUT2D eigenvalue weighted by atomic mass is 35.5. The first-order valence-corrected chi connectivity index (χ1v) is 6.40. The van der Waals surface area contributed by atoms with Crippen LogP contribution >= 0.6 is 11.6 Å². The fraction of sp³-hybridized carbons (Fsp3) is 0.385. The van der Waals surface area contributed by atoms with E-state index in [2.05, 4.69) is 17.5 Å². The molecule has 4 nitrogen and oxygen atoms in total. The van der Waals surface area contributed by atoms with Gasteiger partial charge < -0.3 is 5.32 Å². The lowest BCUT2D eigenvalue weighted by Crippen LogP contribution is -2.43. The molecule has 0 amide bonds. The summed E-state index contributed by atoms with van der Waals surface area (Å²) >= 11 is 5.78. The molecule has 0 radical (unpaired) electrons. The van der Waals surface area contributed by atoms with Gasteiger partial charge in [0.05, 0.1) is 4.92 Å². The van der Waals surface area contributed by atoms with Gasteiger partial charge in [0.15, 0.2) is 0 Å². The predicted octanol–water partition coefficient (Wildman–Crippen LogP) is 3.62. The minimum absolute atomic E-state index is 0.0421. The quantitative estimate of drug-likeness (QED) is 0.515. The monoisotopic (exact) mass is 264 g/mol. The Morgan fingerprint density at radius 2 is 2.28 bits per heavy atom. The summed E-state index contributed by atoms with van der Waals surface area (Å²) in [6.07, 6.45) is 6.77. The first kappa shape index (κ1) is 11.5. The molecule has 3 rings (SSSR count). The molecule has 1 N–H and O–H groups in total. The lowest BCUT2D eigenvalue weighted by molar-refractivity contribution is -0.384. The van der Waals surface area contributed by atoms with Gasteiger partial charge in [0.1, 0.15) is 5.02 Å². The molecule has 1 aromatic rings. The average molecular weight is 265 g/mol. The molecular weight excluding hydrogens is 252 g/mol. The first-order valence-electron chi connectivity index (χ1n) is 6.02. The van der Waals surface area contributed by atoms with Crippen molar-refractivity contribution in [3.8, 4) is 0 Å². The SMILES string of the molecule is O=[N+]([O-])c1cc(NC2CC3CC=CC32)ccc1Cl. The number of fused-ring (bicyclic) bond motifs is 1. The molecule has 0 spiro atoms. The Hall–Kier alpha value is -1.55. The van der Waals surface area contributed by atoms with E-state index in [4.69, 9.17) is 11.6 Å². The summed E-state index contributed by atoms with van der Waals surface area (Å²) in [6, 6.07) is 5.27. The number of allylic oxidation sites excluding steroid dienone is 1. The van der Waals surface area contributed by atoms with Crippen LogP contribution in [0.25, 0.3) is 0 Å². The lowest BCUT2D eigenvalue weighted by atomic mass is 9.71. The third-order valence-electron chi connectivity index (χ3n) is 3.86. The third kappa shape index (κ3) is 1.86. The van der Waals surface area contributed by atoms with Gasteiger partial charge in [0, 0.05) is 23.7 Å². The highest BCUT2D eigenvalue weighted by Crippen LogP contribution is 2.44. The van der Waals surface area contributed by atoms with E-state index < -0.39 is 4.92 Å². The molecule has 1 saturated carbocycles. The maximum atomic E-state index is 10.8. The lowest BCUT2D eigenvalue weighted by Gasteiger charge is -2.41. The van der Waals surface area contributed by atoms with Crippen LogP contribution in [0.1, 0.15) is 12.8 Å². The average Bonchev–Trinajstić information content (AvgIpc) is 2.69. The van der Waals surface area contributed by atoms with Crippen molar-refractivity contribution < 1.29 is 4.92 Å². The summed E-state index contributed by atoms with van der Waals surface area (Å²) in [5.41, 5.74) is 0.731. The smallest absolute Gasteiger partial charge is 0.289 e. The van der Waals surface area contributed by atoms with Crippen LogP contribution in [-0.2, 0) is 0 Å². The van der Waals surface area contributed by atoms with Crippen molar-refractivity contribution in [2.75, 3.05) is 5.32 Å². The second-order valence-electron chi connectivity index (χ2n) is 4.91. The van der Waals surface area contributed by atoms with Crippen LogP contribution in [0, 0.1) is 22.0 Å². The zero-order valence-electron chi connectivity index (χ0n) is 9.67. The number of hydrogen-bond donors (Lipinski definition) is 1. The number of halogens is 1. The van der Waals surface area contributed by atoms with Crippen LogP contribution in [0.4, 0.5) is 11.4 Å². The molecule has 0 aromatic heterocycles. The van der Waals surface area contributed by atoms with Crippen molar-refractivity contribution in [2.45, 2.75) is 18.9 Å². The number of benzene rings is 1. The van der Waals surface area contributed by atoms with E-state index in [1.165, 1.54) is 12.5 Å². The molecular formula is C13H13ClN2O2. The van der Waals surface area contributed by atoms with Gasteiger partial charge in [-0.2, -0.15) is 0 Å². The molecule has 0 heterocycles. The minimum Gasteiger partial charge on any atom is -0.381 e. The minimum atomic E-state index is -0.452. The summed E-state index contributed by atoms with van der Waals surface area (Å²) in [6.45, 7) is 0. The summed E-state index contributed by atoms with van der Waals surface area (Å²) in [5, 5.41) is 14.3. The predicted molar refractivity (Wildman–Crippen MR) is 70.9 cm³/mol. The summed E-state index contributed by atoms with van der Waals surface area (Å²) in [5.74, 6) is 1.35. The van der Waals surface area contributed by atoms with Crippen LogP contribution < -0.4 is 5.32 Å². The molecule has 3 atom stereocenters. The molecule has 1 fully saturated rings. The zero-order chi connectivity index (χ0) is 12.7. The molecule has 5 heteroatoms. The Morgan fingerprint density at radius 3 is 3.00 bits per heavy atom. The Kier molecular flexibility index (Phi) is 2.74. The second kappa shape index (κ2) is 4.28. The van der Waals surface area contributed by atoms with Gasteiger partial charge in [-0.25, -0.2) is 0 Å². The number of rotatable bonds is 3. The maximum absolute atomic E-state index is 10.8. The molecule has 0 saturated heterocycles. The van der Waals surface area contributed by atoms with Crippen LogP contribution in [-0.4, -0.2) is 11.0 Å². The number of nitro benzene ring substituents is 1. The van der Waals surface area contributed by atoms with Crippen LogP contribution in [0.3, 0.4) is 0 Å². The van der Waals surface area contributed by atoms with Crippen molar-refractivity contribution in [1.29, 1.82) is 0 Å². The van der Waals surface area contributed by atoms with Crippen molar-refractivity contribution >= 4 is 23.0 Å². The number of hydrogen-bond acceptors (Lipinski definition) is 3. The number of nitrogens with zero attached hydrogens (tertiary/aromatic N) is 1. The van der Waals surface area contributed by atoms with E-state index in [1.54, 1.807) is 12.1 Å². The molecule has 1 aromatic carbocycles. The third-order valence-corrected chi connectivity index (χ3v) is 4.18. The highest BCUT2D eigenvalue weighted by Gasteiger charge is 2.40. The van der Waals surface area contributed by atoms with E-state index in [0.717, 1.165) is 18.0 Å². The summed E-state index contributed by atoms with van der Waals surface area (Å²) < 4.78 is 0. The van der Waals surface area contributed by atoms with E-state index in [9.17, 15) is 10.1 Å². The number of nitrogens with one attached hydrogen (secondary N) is 1. The molecule has 3 unspecified atom stereocenters. The van der Waals surface area contributed by atoms with Gasteiger partial charge in [0.2, 0.25) is 0 Å². The standard InChI is InChI=1S/C13H13ClN2O2/c14-11-5-4-9(7-13(11)16(17)18)15-12-6-8-2-1-3-10(8)12/h1,3-5,7-8,10,12,15H,2,6H2. The summed E-state index contributed by atoms with van der Waals surface area (Å²) in [7, 11) is 0. The molecule has 2 aliphatic carbocycles. The maximum Gasteiger partial charge on any atom is 0.289 e. The van der Waals surface area contributed by atoms with E-state index in [1.807, 2.05) is 0 Å². The normalized spacial score (nSPS) is 28.6. The number of anilines is 1. The van der Waals surface area contributed by atoms with Crippen LogP contribution in [0.15, 0.2) is 30.4 Å². The fourth-order valence-electron chi connectivity index (χ4n) is 2.84. The van der Waals surface area contributed by atoms with Gasteiger partial charge in [-0.15, -0.1) is 0 Å². The Balaban J connectivity index is 1.75. The molecule has 2 aliphatic rings. The topological polar surface area (TPSA) is 55.2 Å². The highest BCUT2D eigenvalue weighted by molar-refractivity contribution is 6.32. The Morgan fingerprint density at radius 1 is 1.44 bits per heavy atom. The van der Waals surface area contributed by atoms with Crippen molar-refractivity contribution in [1.82, 2.24) is 0 Å². The van der Waals surface area contributed by atoms with Gasteiger partial charge in [-0.1, -0.05) is 23.8 Å². The van der Waals surface area contributed by atoms with Crippen molar-refractivity contribution in [3.05, 3.63) is 45.5 Å². The molecule has 0 aliphatic heterocycles. The van der Waals surface area contributed by atoms with Gasteiger partial charge >= 0.3 is 0 Å². The first-order chi connectivity index (χ1) is 8.65. The van der Waals surface area contributed by atoms with Gasteiger partial charge in [0.25, 0.3) is 5.69 Å². The molecule has 0 bridgehead atoms. The number of nitro groups is 1. The van der Waals surface area contributed by atoms with Gasteiger partial charge in [-0.3, -0.25) is 10.1 Å². The summed E-state index contributed by atoms with van der Waals surface area (Å²) in [4.78, 5) is 10.4. The van der Waals surface area contributed by atoms with Crippen LogP contribution in [0.2, 0.25) is 5.02 Å². The van der Waals surface area contributed by atoms with Crippen molar-refractivity contribution in [3.63, 3.8) is 0 Å². The fourth-order valence-corrected chi connectivity index (χ4v) is 3.03. The second-order valence-corrected chi connectivity index (χ2v) is 5.32. The molecule has 18 heavy (non-hydrogen) atoms. The molecule has 94 valence electrons. The largest absolute Gasteiger partial charge is 0.381 e. The Labute approximate surface area is 110 Å². The van der Waals surface area contributed by atoms with E-state index in [-0.39, 0.29) is 10.7 Å². The van der Waals surface area contributed by atoms with E-state index in [0.29, 0.717) is 12.0 Å². The van der Waals surface area contributed by atoms with Gasteiger partial charge in [-0.05, 0) is 30.9 Å². The zero-order valence-corrected chi connectivity index (χ0v) is 10.4. The van der Waals surface area contributed by atoms with E-state index >= 15 is 0 Å². The van der Waals surface area contributed by atoms with Crippen LogP contribution in [0.5, 0.6) is 0 Å².